The summed E-state index contributed by atoms with van der Waals surface area (Å²) >= 11 is 0. The van der Waals surface area contributed by atoms with E-state index in [0.717, 1.165) is 0 Å². The number of nitrogen functional groups attached to an aromatic ring is 1. The number of methoxy groups -OCH3 is 2. The van der Waals surface area contributed by atoms with E-state index in [1.54, 1.807) is 37.4 Å². The average molecular weight is 479 g/mol. The first kappa shape index (κ1) is 28.5. The number of nitrogens with one attached hydrogen (secondary N) is 2. The summed E-state index contributed by atoms with van der Waals surface area (Å²) in [7, 11) is 3.11. The normalized spacial score (nSPS) is 10.1. The first-order valence-electron chi connectivity index (χ1n) is 10.2. The van der Waals surface area contributed by atoms with Crippen molar-refractivity contribution in [2.24, 2.45) is 0 Å². The molecule has 0 unspecified atom stereocenters. The highest BCUT2D eigenvalue weighted by atomic mass is 16.6. The second kappa shape index (κ2) is 17.0. The van der Waals surface area contributed by atoms with Gasteiger partial charge in [0.1, 0.15) is 13.2 Å². The van der Waals surface area contributed by atoms with Crippen molar-refractivity contribution in [2.45, 2.75) is 0 Å². The van der Waals surface area contributed by atoms with Gasteiger partial charge in [-0.05, 0) is 24.3 Å². The van der Waals surface area contributed by atoms with Crippen molar-refractivity contribution in [1.29, 1.82) is 0 Å². The fourth-order valence-corrected chi connectivity index (χ4v) is 2.32. The third-order valence-electron chi connectivity index (χ3n) is 3.84. The van der Waals surface area contributed by atoms with Crippen molar-refractivity contribution in [2.75, 3.05) is 70.2 Å². The van der Waals surface area contributed by atoms with Crippen LogP contribution in [0, 0.1) is 10.1 Å². The number of non-ortho nitro benzene ring substituents is 1. The summed E-state index contributed by atoms with van der Waals surface area (Å²) in [6.45, 7) is 1.50. The Balaban J connectivity index is 0.000000342. The smallest absolute Gasteiger partial charge is 0.271 e. The summed E-state index contributed by atoms with van der Waals surface area (Å²) in [5.74, 6) is -0.576. The van der Waals surface area contributed by atoms with Gasteiger partial charge in [0.25, 0.3) is 5.69 Å². The lowest BCUT2D eigenvalue weighted by atomic mass is 10.3. The summed E-state index contributed by atoms with van der Waals surface area (Å²) in [4.78, 5) is 32.8. The molecule has 4 N–H and O–H groups in total. The number of hydrogen-bond acceptors (Lipinski definition) is 9. The Morgan fingerprint density at radius 3 is 1.82 bits per heavy atom. The molecule has 0 saturated heterocycles. The monoisotopic (exact) mass is 478 g/mol. The van der Waals surface area contributed by atoms with Crippen molar-refractivity contribution in [3.63, 3.8) is 0 Å². The minimum absolute atomic E-state index is 0.0121. The third-order valence-corrected chi connectivity index (χ3v) is 3.84. The van der Waals surface area contributed by atoms with Crippen LogP contribution >= 0.6 is 0 Å². The molecule has 0 radical (unpaired) electrons. The lowest BCUT2D eigenvalue weighted by Gasteiger charge is -2.06. The fourth-order valence-electron chi connectivity index (χ4n) is 2.32. The molecule has 0 aromatic heterocycles. The predicted octanol–water partition coefficient (Wildman–Crippen LogP) is 2.07. The van der Waals surface area contributed by atoms with Crippen LogP contribution in [0.15, 0.2) is 48.5 Å². The van der Waals surface area contributed by atoms with E-state index >= 15 is 0 Å². The van der Waals surface area contributed by atoms with Gasteiger partial charge in [-0.3, -0.25) is 19.7 Å². The highest BCUT2D eigenvalue weighted by Gasteiger charge is 2.08. The van der Waals surface area contributed by atoms with Crippen molar-refractivity contribution in [3.05, 3.63) is 58.6 Å². The quantitative estimate of drug-likeness (QED) is 0.169. The van der Waals surface area contributed by atoms with E-state index in [4.69, 9.17) is 24.7 Å². The maximum atomic E-state index is 11.4. The Hall–Kier alpha value is -3.58. The summed E-state index contributed by atoms with van der Waals surface area (Å²) in [6, 6.07) is 12.7. The molecular formula is C22H30N4O8. The third kappa shape index (κ3) is 13.1. The Bertz CT molecular complexity index is 910. The van der Waals surface area contributed by atoms with Gasteiger partial charge in [-0.15, -0.1) is 0 Å². The molecule has 0 aliphatic carbocycles. The number of carbonyl (C=O) groups excluding carboxylic acids is 2. The maximum absolute atomic E-state index is 11.4. The van der Waals surface area contributed by atoms with Crippen LogP contribution in [0.1, 0.15) is 0 Å². The highest BCUT2D eigenvalue weighted by Crippen LogP contribution is 2.16. The molecular weight excluding hydrogens is 448 g/mol. The second-order valence-electron chi connectivity index (χ2n) is 6.62. The molecule has 12 nitrogen and oxygen atoms in total. The zero-order valence-corrected chi connectivity index (χ0v) is 19.2. The van der Waals surface area contributed by atoms with E-state index in [0.29, 0.717) is 43.5 Å². The summed E-state index contributed by atoms with van der Waals surface area (Å²) in [5.41, 5.74) is 7.14. The Morgan fingerprint density at radius 2 is 1.35 bits per heavy atom. The summed E-state index contributed by atoms with van der Waals surface area (Å²) < 4.78 is 19.6. The van der Waals surface area contributed by atoms with E-state index in [9.17, 15) is 19.7 Å². The van der Waals surface area contributed by atoms with Crippen molar-refractivity contribution < 1.29 is 33.5 Å². The first-order chi connectivity index (χ1) is 16.3. The van der Waals surface area contributed by atoms with Gasteiger partial charge in [0, 0.05) is 43.4 Å². The minimum atomic E-state index is -0.523. The van der Waals surface area contributed by atoms with Crippen molar-refractivity contribution >= 4 is 34.6 Å². The standard InChI is InChI=1S/C11H14N2O5.C11H16N2O3/c1-17-5-6-18-8-11(14)12-9-3-2-4-10(7-9)13(15)16;1-15-5-6-16-8-11(14)13-10-4-2-3-9(12)7-10/h2-4,7H,5-6,8H2,1H3,(H,12,14);2-4,7H,5-6,8,12H2,1H3,(H,13,14). The molecule has 2 aromatic rings. The number of nitrogens with zero attached hydrogens (tertiary/aromatic N) is 1. The van der Waals surface area contributed by atoms with E-state index in [-0.39, 0.29) is 30.7 Å². The molecule has 0 heterocycles. The Labute approximate surface area is 197 Å². The number of nitro groups is 1. The van der Waals surface area contributed by atoms with E-state index < -0.39 is 4.92 Å². The molecule has 0 spiro atoms. The highest BCUT2D eigenvalue weighted by molar-refractivity contribution is 5.92. The number of carbonyl (C=O) groups is 2. The molecule has 0 bridgehead atoms. The van der Waals surface area contributed by atoms with E-state index in [2.05, 4.69) is 10.6 Å². The first-order valence-corrected chi connectivity index (χ1v) is 10.2. The zero-order valence-electron chi connectivity index (χ0n) is 19.2. The van der Waals surface area contributed by atoms with Crippen LogP contribution in [0.25, 0.3) is 0 Å². The Morgan fingerprint density at radius 1 is 0.853 bits per heavy atom. The van der Waals surface area contributed by atoms with Crippen molar-refractivity contribution in [1.82, 2.24) is 0 Å². The van der Waals surface area contributed by atoms with Gasteiger partial charge in [-0.25, -0.2) is 0 Å². The van der Waals surface area contributed by atoms with E-state index in [1.807, 2.05) is 0 Å². The number of ether oxygens (including phenoxy) is 4. The number of benzene rings is 2. The molecule has 2 aromatic carbocycles. The molecule has 0 saturated carbocycles. The number of anilines is 3. The number of nitrogens with two attached hydrogens (primary N) is 1. The van der Waals surface area contributed by atoms with Crippen LogP contribution in [0.4, 0.5) is 22.7 Å². The molecule has 2 rings (SSSR count). The van der Waals surface area contributed by atoms with E-state index in [1.165, 1.54) is 25.3 Å². The summed E-state index contributed by atoms with van der Waals surface area (Å²) in [5, 5.41) is 15.7. The van der Waals surface area contributed by atoms with Crippen LogP contribution in [0.5, 0.6) is 0 Å². The van der Waals surface area contributed by atoms with Crippen molar-refractivity contribution in [3.8, 4) is 0 Å². The molecule has 12 heteroatoms. The zero-order chi connectivity index (χ0) is 25.2. The van der Waals surface area contributed by atoms with Crippen LogP contribution < -0.4 is 16.4 Å². The largest absolute Gasteiger partial charge is 0.399 e. The van der Waals surface area contributed by atoms with Crippen LogP contribution in [-0.4, -0.2) is 70.6 Å². The van der Waals surface area contributed by atoms with Crippen LogP contribution in [0.2, 0.25) is 0 Å². The SMILES string of the molecule is COCCOCC(=O)Nc1cccc(N)c1.COCCOCC(=O)Nc1cccc([N+](=O)[O-])c1. The summed E-state index contributed by atoms with van der Waals surface area (Å²) in [6.07, 6.45) is 0. The number of hydrogen-bond donors (Lipinski definition) is 3. The average Bonchev–Trinajstić information content (AvgIpc) is 2.80. The maximum Gasteiger partial charge on any atom is 0.271 e. The molecule has 2 amide bonds. The van der Waals surface area contributed by atoms with Gasteiger partial charge < -0.3 is 35.3 Å². The Kier molecular flexibility index (Phi) is 14.2. The van der Waals surface area contributed by atoms with Crippen LogP contribution in [0.3, 0.4) is 0 Å². The van der Waals surface area contributed by atoms with Gasteiger partial charge in [0.15, 0.2) is 0 Å². The number of nitro benzene ring substituents is 1. The fraction of sp³-hybridized carbons (Fsp3) is 0.364. The molecule has 0 aliphatic rings. The lowest BCUT2D eigenvalue weighted by Crippen LogP contribution is -2.19. The molecule has 0 atom stereocenters. The molecule has 186 valence electrons. The molecule has 0 fully saturated rings. The van der Waals surface area contributed by atoms with Gasteiger partial charge >= 0.3 is 0 Å². The topological polar surface area (TPSA) is 164 Å². The predicted molar refractivity (Wildman–Crippen MR) is 127 cm³/mol. The lowest BCUT2D eigenvalue weighted by molar-refractivity contribution is -0.384. The van der Waals surface area contributed by atoms with Gasteiger partial charge in [-0.1, -0.05) is 12.1 Å². The van der Waals surface area contributed by atoms with Gasteiger partial charge in [0.2, 0.25) is 11.8 Å². The van der Waals surface area contributed by atoms with Gasteiger partial charge in [0.05, 0.1) is 31.4 Å². The van der Waals surface area contributed by atoms with Crippen LogP contribution in [-0.2, 0) is 28.5 Å². The minimum Gasteiger partial charge on any atom is -0.399 e. The van der Waals surface area contributed by atoms with Gasteiger partial charge in [-0.2, -0.15) is 0 Å². The number of amides is 2. The second-order valence-corrected chi connectivity index (χ2v) is 6.62. The number of rotatable bonds is 13. The molecule has 0 aliphatic heterocycles. The molecule has 34 heavy (non-hydrogen) atoms.